The third-order valence-corrected chi connectivity index (χ3v) is 8.04. The number of likely N-dealkylation sites (tertiary alicyclic amines) is 1. The number of anilines is 1. The van der Waals surface area contributed by atoms with Gasteiger partial charge in [0, 0.05) is 25.8 Å². The number of piperidine rings is 1. The predicted molar refractivity (Wildman–Crippen MR) is 153 cm³/mol. The Balaban J connectivity index is 1.44. The van der Waals surface area contributed by atoms with Crippen molar-refractivity contribution < 1.29 is 24.3 Å². The second-order valence-electron chi connectivity index (χ2n) is 10.6. The van der Waals surface area contributed by atoms with E-state index in [1.807, 2.05) is 66.4 Å². The maximum Gasteiger partial charge on any atom is 0.329 e. The molecule has 10 heteroatoms. The molecule has 41 heavy (non-hydrogen) atoms. The summed E-state index contributed by atoms with van der Waals surface area (Å²) in [6.45, 7) is 4.65. The van der Waals surface area contributed by atoms with Crippen LogP contribution in [0.25, 0.3) is 11.1 Å². The van der Waals surface area contributed by atoms with Crippen molar-refractivity contribution >= 4 is 29.5 Å². The van der Waals surface area contributed by atoms with Crippen molar-refractivity contribution in [1.29, 1.82) is 0 Å². The van der Waals surface area contributed by atoms with Crippen molar-refractivity contribution in [3.05, 3.63) is 84.2 Å². The van der Waals surface area contributed by atoms with Crippen LogP contribution >= 0.6 is 0 Å². The topological polar surface area (TPSA) is 132 Å². The van der Waals surface area contributed by atoms with Gasteiger partial charge in [0.15, 0.2) is 0 Å². The molecule has 212 valence electrons. The molecular weight excluding hydrogens is 522 g/mol. The normalized spacial score (nSPS) is 21.5. The number of amides is 4. The molecule has 0 radical (unpaired) electrons. The van der Waals surface area contributed by atoms with Gasteiger partial charge in [-0.3, -0.25) is 19.5 Å². The molecule has 3 heterocycles. The molecule has 3 unspecified atom stereocenters. The fraction of sp³-hybridized carbons (Fsp3) is 0.323. The zero-order valence-corrected chi connectivity index (χ0v) is 23.0. The summed E-state index contributed by atoms with van der Waals surface area (Å²) in [4.78, 5) is 60.3. The Morgan fingerprint density at radius 3 is 2.44 bits per heavy atom. The number of rotatable bonds is 8. The number of hydrogen-bond donors (Lipinski definition) is 3. The fourth-order valence-corrected chi connectivity index (χ4v) is 5.64. The van der Waals surface area contributed by atoms with Crippen LogP contribution in [0.15, 0.2) is 72.9 Å². The Kier molecular flexibility index (Phi) is 7.85. The van der Waals surface area contributed by atoms with Gasteiger partial charge in [0.05, 0.1) is 17.3 Å². The molecule has 2 aromatic carbocycles. The van der Waals surface area contributed by atoms with Gasteiger partial charge >= 0.3 is 12.0 Å². The van der Waals surface area contributed by atoms with Crippen LogP contribution in [0.3, 0.4) is 0 Å². The number of nitrogens with zero attached hydrogens (tertiary/aromatic N) is 3. The van der Waals surface area contributed by atoms with Gasteiger partial charge in [-0.1, -0.05) is 55.5 Å². The summed E-state index contributed by atoms with van der Waals surface area (Å²) in [5.74, 6) is -3.28. The molecule has 5 rings (SSSR count). The lowest BCUT2D eigenvalue weighted by atomic mass is 9.76. The molecule has 2 aliphatic rings. The first-order valence-electron chi connectivity index (χ1n) is 13.7. The quantitative estimate of drug-likeness (QED) is 0.363. The lowest BCUT2D eigenvalue weighted by Crippen LogP contribution is -2.65. The van der Waals surface area contributed by atoms with Crippen molar-refractivity contribution in [1.82, 2.24) is 20.5 Å². The molecular formula is C31H33N5O5. The molecule has 3 atom stereocenters. The van der Waals surface area contributed by atoms with E-state index < -0.39 is 41.3 Å². The van der Waals surface area contributed by atoms with Gasteiger partial charge in [-0.05, 0) is 54.7 Å². The largest absolute Gasteiger partial charge is 0.480 e. The summed E-state index contributed by atoms with van der Waals surface area (Å²) < 4.78 is 0. The lowest BCUT2D eigenvalue weighted by Gasteiger charge is -2.43. The number of nitrogens with one attached hydrogen (secondary N) is 2. The van der Waals surface area contributed by atoms with E-state index in [-0.39, 0.29) is 19.4 Å². The fourth-order valence-electron chi connectivity index (χ4n) is 5.64. The number of carbonyl (C=O) groups is 4. The number of aromatic nitrogens is 1. The number of hydrogen-bond acceptors (Lipinski definition) is 6. The predicted octanol–water partition coefficient (Wildman–Crippen LogP) is 3.35. The molecule has 1 spiro atoms. The maximum atomic E-state index is 14.1. The average molecular weight is 556 g/mol. The Labute approximate surface area is 238 Å². The second kappa shape index (κ2) is 11.5. The molecule has 4 amide bonds. The van der Waals surface area contributed by atoms with Crippen LogP contribution in [-0.4, -0.2) is 63.5 Å². The smallest absolute Gasteiger partial charge is 0.329 e. The van der Waals surface area contributed by atoms with Gasteiger partial charge < -0.3 is 15.7 Å². The van der Waals surface area contributed by atoms with Gasteiger partial charge in [-0.15, -0.1) is 0 Å². The highest BCUT2D eigenvalue weighted by atomic mass is 16.4. The van der Waals surface area contributed by atoms with E-state index in [1.165, 1.54) is 0 Å². The van der Waals surface area contributed by atoms with E-state index in [0.717, 1.165) is 27.3 Å². The Bertz CT molecular complexity index is 1460. The highest BCUT2D eigenvalue weighted by molar-refractivity contribution is 6.24. The van der Waals surface area contributed by atoms with Gasteiger partial charge in [0.1, 0.15) is 11.6 Å². The van der Waals surface area contributed by atoms with Gasteiger partial charge in [0.2, 0.25) is 5.91 Å². The first-order valence-corrected chi connectivity index (χ1v) is 13.7. The van der Waals surface area contributed by atoms with Crippen LogP contribution in [0, 0.1) is 12.8 Å². The van der Waals surface area contributed by atoms with E-state index >= 15 is 0 Å². The maximum absolute atomic E-state index is 14.1. The SMILES string of the molecule is CCC(NC(=O)C1CN(Cc2ncccc2C)CCC12NC(=O)N(c1ccc(-c3ccccc3)cc1)C2=O)C(=O)O. The second-order valence-corrected chi connectivity index (χ2v) is 10.6. The summed E-state index contributed by atoms with van der Waals surface area (Å²) in [5.41, 5.74) is 2.68. The van der Waals surface area contributed by atoms with Crippen molar-refractivity contribution in [3.8, 4) is 11.1 Å². The number of pyridine rings is 1. The summed E-state index contributed by atoms with van der Waals surface area (Å²) >= 11 is 0. The Morgan fingerprint density at radius 2 is 1.78 bits per heavy atom. The Morgan fingerprint density at radius 1 is 1.07 bits per heavy atom. The van der Waals surface area contributed by atoms with E-state index in [4.69, 9.17) is 0 Å². The molecule has 2 saturated heterocycles. The zero-order chi connectivity index (χ0) is 29.1. The minimum absolute atomic E-state index is 0.144. The number of carbonyl (C=O) groups excluding carboxylic acids is 3. The standard InChI is InChI=1S/C31H33N5O5/c1-3-25(28(38)39)33-27(37)24-18-35(19-26-20(2)8-7-16-32-26)17-15-31(24)29(40)36(30(41)34-31)23-13-11-22(12-14-23)21-9-5-4-6-10-21/h4-14,16,24-25H,3,15,17-19H2,1-2H3,(H,33,37)(H,34,41)(H,38,39). The number of aliphatic carboxylic acids is 1. The van der Waals surface area contributed by atoms with Crippen LogP contribution in [0.1, 0.15) is 31.0 Å². The number of imide groups is 1. The monoisotopic (exact) mass is 555 g/mol. The molecule has 1 aromatic heterocycles. The first kappa shape index (κ1) is 28.0. The molecule has 0 saturated carbocycles. The van der Waals surface area contributed by atoms with E-state index in [9.17, 15) is 24.3 Å². The van der Waals surface area contributed by atoms with Crippen molar-refractivity contribution in [2.45, 2.75) is 44.8 Å². The van der Waals surface area contributed by atoms with Crippen LogP contribution < -0.4 is 15.5 Å². The zero-order valence-electron chi connectivity index (χ0n) is 23.0. The highest BCUT2D eigenvalue weighted by Crippen LogP contribution is 2.37. The van der Waals surface area contributed by atoms with Crippen molar-refractivity contribution in [3.63, 3.8) is 0 Å². The summed E-state index contributed by atoms with van der Waals surface area (Å²) in [5, 5.41) is 15.0. The van der Waals surface area contributed by atoms with Gasteiger partial charge in [-0.25, -0.2) is 14.5 Å². The molecule has 3 aromatic rings. The summed E-state index contributed by atoms with van der Waals surface area (Å²) in [7, 11) is 0. The van der Waals surface area contributed by atoms with Gasteiger partial charge in [-0.2, -0.15) is 0 Å². The number of benzene rings is 2. The first-order chi connectivity index (χ1) is 19.7. The number of aryl methyl sites for hydroxylation is 1. The number of urea groups is 1. The minimum Gasteiger partial charge on any atom is -0.480 e. The van der Waals surface area contributed by atoms with E-state index in [2.05, 4.69) is 15.6 Å². The van der Waals surface area contributed by atoms with Crippen LogP contribution in [0.2, 0.25) is 0 Å². The highest BCUT2D eigenvalue weighted by Gasteiger charge is 2.60. The number of carboxylic acids is 1. The average Bonchev–Trinajstić information content (AvgIpc) is 3.23. The van der Waals surface area contributed by atoms with Crippen LogP contribution in [0.5, 0.6) is 0 Å². The van der Waals surface area contributed by atoms with Gasteiger partial charge in [0.25, 0.3) is 5.91 Å². The Hall–Kier alpha value is -4.57. The van der Waals surface area contributed by atoms with Crippen LogP contribution in [-0.2, 0) is 20.9 Å². The van der Waals surface area contributed by atoms with E-state index in [1.54, 1.807) is 25.3 Å². The lowest BCUT2D eigenvalue weighted by molar-refractivity contribution is -0.145. The van der Waals surface area contributed by atoms with Crippen molar-refractivity contribution in [2.75, 3.05) is 18.0 Å². The number of carboxylic acid groups (broad SMARTS) is 1. The third-order valence-electron chi connectivity index (χ3n) is 8.04. The molecule has 2 aliphatic heterocycles. The molecule has 3 N–H and O–H groups in total. The van der Waals surface area contributed by atoms with Crippen LogP contribution in [0.4, 0.5) is 10.5 Å². The summed E-state index contributed by atoms with van der Waals surface area (Å²) in [6.07, 6.45) is 2.07. The minimum atomic E-state index is -1.51. The molecule has 0 aliphatic carbocycles. The third kappa shape index (κ3) is 5.43. The van der Waals surface area contributed by atoms with Crippen molar-refractivity contribution in [2.24, 2.45) is 5.92 Å². The summed E-state index contributed by atoms with van der Waals surface area (Å²) in [6, 6.07) is 18.9. The molecule has 0 bridgehead atoms. The van der Waals surface area contributed by atoms with E-state index in [0.29, 0.717) is 18.8 Å². The molecule has 2 fully saturated rings. The molecule has 10 nitrogen and oxygen atoms in total.